The molecule has 1 N–H and O–H groups in total. The number of rotatable bonds is 3. The third kappa shape index (κ3) is 3.54. The Balaban J connectivity index is 1.73. The molecule has 1 spiro atoms. The summed E-state index contributed by atoms with van der Waals surface area (Å²) < 4.78 is 14.9. The molecule has 2 heterocycles. The number of nitrogens with zero attached hydrogens (tertiary/aromatic N) is 2. The van der Waals surface area contributed by atoms with Gasteiger partial charge in [-0.2, -0.15) is 0 Å². The number of carbonyl (C=O) groups excluding carboxylic acids is 1. The van der Waals surface area contributed by atoms with Crippen LogP contribution in [0.2, 0.25) is 10.2 Å². The number of hydrogen-bond acceptors (Lipinski definition) is 3. The van der Waals surface area contributed by atoms with E-state index in [-0.39, 0.29) is 27.8 Å². The fraction of sp³-hybridized carbons (Fsp3) is 0.455. The van der Waals surface area contributed by atoms with Crippen LogP contribution in [0, 0.1) is 17.2 Å². The van der Waals surface area contributed by atoms with Crippen LogP contribution < -0.4 is 5.32 Å². The first kappa shape index (κ1) is 20.6. The minimum Gasteiger partial charge on any atom is -0.326 e. The summed E-state index contributed by atoms with van der Waals surface area (Å²) >= 11 is 12.0. The zero-order chi connectivity index (χ0) is 21.0. The minimum atomic E-state index is -0.437. The van der Waals surface area contributed by atoms with Crippen LogP contribution in [0.1, 0.15) is 38.2 Å². The topological polar surface area (TPSA) is 45.2 Å². The Morgan fingerprint density at radius 1 is 1.28 bits per heavy atom. The summed E-state index contributed by atoms with van der Waals surface area (Å²) in [5.41, 5.74) is 0.931. The highest BCUT2D eigenvalue weighted by molar-refractivity contribution is 6.30. The second-order valence-corrected chi connectivity index (χ2v) is 9.88. The Hall–Kier alpha value is -1.69. The first-order valence-electron chi connectivity index (χ1n) is 9.71. The predicted octanol–water partition coefficient (Wildman–Crippen LogP) is 5.37. The van der Waals surface area contributed by atoms with Crippen LogP contribution in [0.4, 0.5) is 10.1 Å². The summed E-state index contributed by atoms with van der Waals surface area (Å²) in [6, 6.07) is 8.34. The molecule has 1 aromatic heterocycles. The van der Waals surface area contributed by atoms with E-state index in [2.05, 4.69) is 29.0 Å². The van der Waals surface area contributed by atoms with Crippen molar-refractivity contribution in [1.29, 1.82) is 0 Å². The Labute approximate surface area is 180 Å². The molecule has 2 atom stereocenters. The lowest BCUT2D eigenvalue weighted by atomic mass is 9.53. The van der Waals surface area contributed by atoms with Crippen molar-refractivity contribution in [2.24, 2.45) is 11.3 Å². The monoisotopic (exact) mass is 435 g/mol. The number of nitrogens with one attached hydrogen (secondary N) is 1. The van der Waals surface area contributed by atoms with Crippen molar-refractivity contribution in [3.8, 4) is 0 Å². The van der Waals surface area contributed by atoms with Crippen molar-refractivity contribution in [2.45, 2.75) is 38.1 Å². The number of benzene rings is 1. The lowest BCUT2D eigenvalue weighted by Gasteiger charge is -2.57. The molecule has 4 nitrogen and oxygen atoms in total. The number of amides is 1. The van der Waals surface area contributed by atoms with Crippen LogP contribution in [0.15, 0.2) is 36.5 Å². The van der Waals surface area contributed by atoms with Gasteiger partial charge in [-0.05, 0) is 49.1 Å². The Morgan fingerprint density at radius 2 is 2.00 bits per heavy atom. The molecular formula is C22H24Cl2FN3O. The zero-order valence-electron chi connectivity index (χ0n) is 16.7. The lowest BCUT2D eigenvalue weighted by molar-refractivity contribution is -0.130. The number of likely N-dealkylation sites (tertiary alicyclic amines) is 1. The maximum atomic E-state index is 14.9. The first-order chi connectivity index (χ1) is 13.6. The van der Waals surface area contributed by atoms with E-state index >= 15 is 0 Å². The molecule has 7 heteroatoms. The summed E-state index contributed by atoms with van der Waals surface area (Å²) in [6.45, 7) is 5.01. The first-order valence-corrected chi connectivity index (χ1v) is 10.5. The van der Waals surface area contributed by atoms with Crippen LogP contribution in [0.3, 0.4) is 0 Å². The van der Waals surface area contributed by atoms with E-state index < -0.39 is 11.7 Å². The van der Waals surface area contributed by atoms with Gasteiger partial charge in [0.2, 0.25) is 5.91 Å². The van der Waals surface area contributed by atoms with Crippen LogP contribution >= 0.6 is 23.2 Å². The lowest BCUT2D eigenvalue weighted by Crippen LogP contribution is -2.61. The van der Waals surface area contributed by atoms with E-state index in [1.54, 1.807) is 30.5 Å². The van der Waals surface area contributed by atoms with Crippen LogP contribution in [0.5, 0.6) is 0 Å². The van der Waals surface area contributed by atoms with E-state index in [0.717, 1.165) is 12.8 Å². The van der Waals surface area contributed by atoms with Crippen molar-refractivity contribution in [3.05, 3.63) is 58.1 Å². The van der Waals surface area contributed by atoms with Gasteiger partial charge in [0.05, 0.1) is 10.9 Å². The maximum Gasteiger partial charge on any atom is 0.230 e. The van der Waals surface area contributed by atoms with Gasteiger partial charge in [-0.15, -0.1) is 0 Å². The van der Waals surface area contributed by atoms with Gasteiger partial charge < -0.3 is 5.32 Å². The molecule has 1 saturated heterocycles. The number of pyridine rings is 1. The molecule has 0 radical (unpaired) electrons. The molecule has 2 unspecified atom stereocenters. The number of aromatic nitrogens is 1. The number of halogens is 3. The molecule has 1 amide bonds. The molecule has 2 fully saturated rings. The fourth-order valence-corrected chi connectivity index (χ4v) is 5.86. The molecule has 1 aliphatic heterocycles. The summed E-state index contributed by atoms with van der Waals surface area (Å²) in [6.07, 6.45) is 3.31. The summed E-state index contributed by atoms with van der Waals surface area (Å²) in [7, 11) is 2.03. The maximum absolute atomic E-state index is 14.9. The molecule has 154 valence electrons. The minimum absolute atomic E-state index is 0.0834. The Bertz CT molecular complexity index is 957. The number of hydrogen-bond donors (Lipinski definition) is 1. The van der Waals surface area contributed by atoms with E-state index in [4.69, 9.17) is 23.2 Å². The van der Waals surface area contributed by atoms with Crippen molar-refractivity contribution >= 4 is 34.8 Å². The van der Waals surface area contributed by atoms with Crippen LogP contribution in [-0.4, -0.2) is 34.9 Å². The number of likely N-dealkylation sites (N-methyl/N-ethyl adjacent to an activating group) is 1. The van der Waals surface area contributed by atoms with Gasteiger partial charge in [-0.1, -0.05) is 49.2 Å². The third-order valence-corrected chi connectivity index (χ3v) is 6.94. The molecular weight excluding hydrogens is 412 g/mol. The average Bonchev–Trinajstić information content (AvgIpc) is 2.89. The van der Waals surface area contributed by atoms with E-state index in [9.17, 15) is 9.18 Å². The van der Waals surface area contributed by atoms with Gasteiger partial charge in [0.15, 0.2) is 0 Å². The van der Waals surface area contributed by atoms with Gasteiger partial charge in [-0.3, -0.25) is 9.69 Å². The standard InChI is InChI=1S/C22H24Cl2FN3O/c1-21(2)11-22(12-21)18(20(29)27-13-7-8-26-17(24)9-13)15(10-28(22)3)14-5-4-6-16(23)19(14)25/h4-9,15,18H,10-12H2,1-3H3,(H,26,27,29). The van der Waals surface area contributed by atoms with E-state index in [1.807, 2.05) is 7.05 Å². The van der Waals surface area contributed by atoms with Crippen molar-refractivity contribution in [2.75, 3.05) is 18.9 Å². The number of carbonyl (C=O) groups is 1. The quantitative estimate of drug-likeness (QED) is 0.658. The molecule has 1 saturated carbocycles. The molecule has 4 rings (SSSR count). The molecule has 1 aliphatic carbocycles. The van der Waals surface area contributed by atoms with Crippen molar-refractivity contribution in [1.82, 2.24) is 9.88 Å². The van der Waals surface area contributed by atoms with Gasteiger partial charge in [0.1, 0.15) is 11.0 Å². The fourth-order valence-electron chi connectivity index (χ4n) is 5.50. The second kappa shape index (κ2) is 7.22. The van der Waals surface area contributed by atoms with E-state index in [0.29, 0.717) is 22.9 Å². The summed E-state index contributed by atoms with van der Waals surface area (Å²) in [4.78, 5) is 19.7. The third-order valence-electron chi connectivity index (χ3n) is 6.44. The van der Waals surface area contributed by atoms with Gasteiger partial charge >= 0.3 is 0 Å². The largest absolute Gasteiger partial charge is 0.326 e. The highest BCUT2D eigenvalue weighted by Gasteiger charge is 2.64. The second-order valence-electron chi connectivity index (χ2n) is 9.09. The molecule has 29 heavy (non-hydrogen) atoms. The van der Waals surface area contributed by atoms with Crippen LogP contribution in [0.25, 0.3) is 0 Å². The van der Waals surface area contributed by atoms with Gasteiger partial charge in [-0.25, -0.2) is 9.37 Å². The Kier molecular flexibility index (Phi) is 5.12. The molecule has 1 aromatic carbocycles. The Morgan fingerprint density at radius 3 is 2.66 bits per heavy atom. The summed E-state index contributed by atoms with van der Waals surface area (Å²) in [5, 5.41) is 3.38. The van der Waals surface area contributed by atoms with Crippen LogP contribution in [-0.2, 0) is 4.79 Å². The van der Waals surface area contributed by atoms with Gasteiger partial charge in [0.25, 0.3) is 0 Å². The molecule has 0 bridgehead atoms. The van der Waals surface area contributed by atoms with Crippen molar-refractivity contribution in [3.63, 3.8) is 0 Å². The van der Waals surface area contributed by atoms with E-state index in [1.165, 1.54) is 6.07 Å². The summed E-state index contributed by atoms with van der Waals surface area (Å²) in [5.74, 6) is -1.25. The average molecular weight is 436 g/mol. The van der Waals surface area contributed by atoms with Crippen molar-refractivity contribution < 1.29 is 9.18 Å². The predicted molar refractivity (Wildman–Crippen MR) is 114 cm³/mol. The molecule has 2 aromatic rings. The normalized spacial score (nSPS) is 25.0. The van der Waals surface area contributed by atoms with Gasteiger partial charge in [0, 0.05) is 29.9 Å². The highest BCUT2D eigenvalue weighted by atomic mass is 35.5. The SMILES string of the molecule is CN1CC(c2cccc(Cl)c2F)C(C(=O)Nc2ccnc(Cl)c2)C12CC(C)(C)C2. The smallest absolute Gasteiger partial charge is 0.230 e. The zero-order valence-corrected chi connectivity index (χ0v) is 18.2. The number of anilines is 1. The highest BCUT2D eigenvalue weighted by Crippen LogP contribution is 2.61. The molecule has 2 aliphatic rings.